The summed E-state index contributed by atoms with van der Waals surface area (Å²) < 4.78 is 22.8. The van der Waals surface area contributed by atoms with Gasteiger partial charge in [-0.05, 0) is 66.2 Å². The molecule has 30 heavy (non-hydrogen) atoms. The van der Waals surface area contributed by atoms with Gasteiger partial charge in [-0.1, -0.05) is 18.2 Å². The van der Waals surface area contributed by atoms with E-state index >= 15 is 0 Å². The van der Waals surface area contributed by atoms with Crippen molar-refractivity contribution in [1.29, 1.82) is 0 Å². The Kier molecular flexibility index (Phi) is 5.14. The van der Waals surface area contributed by atoms with E-state index < -0.39 is 5.82 Å². The number of rotatable bonds is 5. The second-order valence-electron chi connectivity index (χ2n) is 6.97. The topological polar surface area (TPSA) is 74.8 Å². The van der Waals surface area contributed by atoms with E-state index in [0.717, 1.165) is 21.5 Å². The molecule has 2 aromatic carbocycles. The van der Waals surface area contributed by atoms with Crippen LogP contribution in [0.1, 0.15) is 16.8 Å². The molecule has 2 heterocycles. The zero-order chi connectivity index (χ0) is 21.3. The van der Waals surface area contributed by atoms with Crippen molar-refractivity contribution in [2.75, 3.05) is 0 Å². The molecule has 0 saturated heterocycles. The van der Waals surface area contributed by atoms with Crippen LogP contribution < -0.4 is 10.4 Å². The van der Waals surface area contributed by atoms with E-state index in [4.69, 9.17) is 4.74 Å². The third kappa shape index (κ3) is 3.71. The molecule has 2 aromatic heterocycles. The van der Waals surface area contributed by atoms with Crippen LogP contribution in [0.25, 0.3) is 16.9 Å². The van der Waals surface area contributed by atoms with Crippen LogP contribution in [0.2, 0.25) is 0 Å². The molecule has 4 aromatic rings. The minimum atomic E-state index is -0.484. The number of ether oxygens (including phenoxy) is 1. The summed E-state index contributed by atoms with van der Waals surface area (Å²) in [5, 5.41) is 7.64. The van der Waals surface area contributed by atoms with Gasteiger partial charge in [-0.2, -0.15) is 9.36 Å². The highest BCUT2D eigenvalue weighted by Gasteiger charge is 2.15. The van der Waals surface area contributed by atoms with Crippen molar-refractivity contribution in [2.45, 2.75) is 20.5 Å². The number of nitrogens with zero attached hydrogens (tertiary/aromatic N) is 5. The maximum absolute atomic E-state index is 14.7. The van der Waals surface area contributed by atoms with E-state index in [9.17, 15) is 9.18 Å². The third-order valence-electron chi connectivity index (χ3n) is 4.82. The summed E-state index contributed by atoms with van der Waals surface area (Å²) in [7, 11) is 1.53. The summed E-state index contributed by atoms with van der Waals surface area (Å²) in [5.74, 6) is -0.366. The van der Waals surface area contributed by atoms with Crippen molar-refractivity contribution in [1.82, 2.24) is 24.8 Å². The van der Waals surface area contributed by atoms with Gasteiger partial charge in [-0.25, -0.2) is 9.18 Å². The number of aromatic nitrogens is 5. The van der Waals surface area contributed by atoms with Crippen LogP contribution in [0.5, 0.6) is 5.75 Å². The second-order valence-corrected chi connectivity index (χ2v) is 6.97. The van der Waals surface area contributed by atoms with E-state index in [-0.39, 0.29) is 18.0 Å². The van der Waals surface area contributed by atoms with E-state index in [1.165, 1.54) is 17.8 Å². The Morgan fingerprint density at radius 3 is 2.53 bits per heavy atom. The molecule has 0 aliphatic carbocycles. The van der Waals surface area contributed by atoms with Crippen molar-refractivity contribution in [2.24, 2.45) is 7.05 Å². The SMILES string of the molecule is Cc1cccc(-c2ccc(OCc3c(C)cccc3-n3nnn(C)c3=O)c(F)c2)n1. The summed E-state index contributed by atoms with van der Waals surface area (Å²) in [6.07, 6.45) is 0. The molecule has 4 rings (SSSR count). The zero-order valence-electron chi connectivity index (χ0n) is 16.8. The number of aryl methyl sites for hydroxylation is 3. The molecule has 0 radical (unpaired) electrons. The lowest BCUT2D eigenvalue weighted by molar-refractivity contribution is 0.289. The average Bonchev–Trinajstić information content (AvgIpc) is 3.06. The van der Waals surface area contributed by atoms with E-state index in [0.29, 0.717) is 16.9 Å². The molecule has 0 spiro atoms. The number of halogens is 1. The van der Waals surface area contributed by atoms with Gasteiger partial charge in [0.1, 0.15) is 6.61 Å². The Balaban J connectivity index is 1.61. The van der Waals surface area contributed by atoms with Crippen LogP contribution in [0.3, 0.4) is 0 Å². The van der Waals surface area contributed by atoms with Crippen LogP contribution >= 0.6 is 0 Å². The fourth-order valence-corrected chi connectivity index (χ4v) is 3.17. The molecule has 7 nitrogen and oxygen atoms in total. The van der Waals surface area contributed by atoms with Crippen LogP contribution in [-0.4, -0.2) is 24.8 Å². The van der Waals surface area contributed by atoms with Gasteiger partial charge >= 0.3 is 5.69 Å². The Morgan fingerprint density at radius 2 is 1.83 bits per heavy atom. The van der Waals surface area contributed by atoms with E-state index in [1.807, 2.05) is 44.2 Å². The molecular weight excluding hydrogens is 385 g/mol. The monoisotopic (exact) mass is 405 g/mol. The largest absolute Gasteiger partial charge is 0.486 e. The Labute approximate surface area is 172 Å². The second kappa shape index (κ2) is 7.90. The van der Waals surface area contributed by atoms with E-state index in [2.05, 4.69) is 15.4 Å². The number of benzene rings is 2. The predicted molar refractivity (Wildman–Crippen MR) is 110 cm³/mol. The molecule has 0 amide bonds. The first-order chi connectivity index (χ1) is 14.4. The number of tetrazole rings is 1. The van der Waals surface area contributed by atoms with Crippen LogP contribution in [0, 0.1) is 19.7 Å². The van der Waals surface area contributed by atoms with E-state index in [1.54, 1.807) is 18.2 Å². The minimum Gasteiger partial charge on any atom is -0.486 e. The quantitative estimate of drug-likeness (QED) is 0.509. The first kappa shape index (κ1) is 19.5. The Morgan fingerprint density at radius 1 is 1.03 bits per heavy atom. The normalized spacial score (nSPS) is 10.9. The summed E-state index contributed by atoms with van der Waals surface area (Å²) in [5.41, 5.74) is 4.03. The standard InChI is InChI=1S/C22H20FN5O2/c1-14-6-4-9-20(28-22(29)27(3)25-26-28)17(14)13-30-21-11-10-16(12-18(21)23)19-8-5-7-15(2)24-19/h4-12H,13H2,1-3H3. The van der Waals surface area contributed by atoms with Gasteiger partial charge in [0.05, 0.1) is 11.4 Å². The summed E-state index contributed by atoms with van der Waals surface area (Å²) in [6.45, 7) is 3.86. The number of hydrogen-bond acceptors (Lipinski definition) is 5. The van der Waals surface area contributed by atoms with Crippen LogP contribution in [-0.2, 0) is 13.7 Å². The van der Waals surface area contributed by atoms with Gasteiger partial charge in [0, 0.05) is 23.9 Å². The van der Waals surface area contributed by atoms with Gasteiger partial charge in [0.15, 0.2) is 11.6 Å². The van der Waals surface area contributed by atoms with Gasteiger partial charge in [0.25, 0.3) is 0 Å². The fourth-order valence-electron chi connectivity index (χ4n) is 3.17. The lowest BCUT2D eigenvalue weighted by atomic mass is 10.1. The van der Waals surface area contributed by atoms with Gasteiger partial charge in [-0.15, -0.1) is 0 Å². The molecule has 0 atom stereocenters. The maximum atomic E-state index is 14.7. The molecule has 8 heteroatoms. The highest BCUT2D eigenvalue weighted by Crippen LogP contribution is 2.26. The lowest BCUT2D eigenvalue weighted by Gasteiger charge is -2.14. The molecule has 0 N–H and O–H groups in total. The van der Waals surface area contributed by atoms with Crippen molar-refractivity contribution >= 4 is 0 Å². The summed E-state index contributed by atoms with van der Waals surface area (Å²) in [6, 6.07) is 15.8. The highest BCUT2D eigenvalue weighted by atomic mass is 19.1. The predicted octanol–water partition coefficient (Wildman–Crippen LogP) is 3.36. The number of pyridine rings is 1. The first-order valence-electron chi connectivity index (χ1n) is 9.38. The zero-order valence-corrected chi connectivity index (χ0v) is 16.8. The van der Waals surface area contributed by atoms with Gasteiger partial charge in [-0.3, -0.25) is 4.98 Å². The first-order valence-corrected chi connectivity index (χ1v) is 9.38. The minimum absolute atomic E-state index is 0.0734. The highest BCUT2D eigenvalue weighted by molar-refractivity contribution is 5.60. The molecule has 0 aliphatic rings. The number of hydrogen-bond donors (Lipinski definition) is 0. The molecular formula is C22H20FN5O2. The van der Waals surface area contributed by atoms with Crippen LogP contribution in [0.15, 0.2) is 59.4 Å². The molecule has 0 fully saturated rings. The molecule has 0 unspecified atom stereocenters. The van der Waals surface area contributed by atoms with Crippen molar-refractivity contribution < 1.29 is 9.13 Å². The maximum Gasteiger partial charge on any atom is 0.368 e. The smallest absolute Gasteiger partial charge is 0.368 e. The molecule has 0 bridgehead atoms. The van der Waals surface area contributed by atoms with Crippen molar-refractivity contribution in [3.63, 3.8) is 0 Å². The van der Waals surface area contributed by atoms with Gasteiger partial charge < -0.3 is 4.74 Å². The van der Waals surface area contributed by atoms with Crippen LogP contribution in [0.4, 0.5) is 4.39 Å². The fraction of sp³-hybridized carbons (Fsp3) is 0.182. The van der Waals surface area contributed by atoms with Crippen molar-refractivity contribution in [3.8, 4) is 22.7 Å². The summed E-state index contributed by atoms with van der Waals surface area (Å²) in [4.78, 5) is 16.7. The third-order valence-corrected chi connectivity index (χ3v) is 4.82. The molecule has 152 valence electrons. The molecule has 0 aliphatic heterocycles. The summed E-state index contributed by atoms with van der Waals surface area (Å²) >= 11 is 0. The molecule has 0 saturated carbocycles. The Bertz CT molecular complexity index is 1280. The lowest BCUT2D eigenvalue weighted by Crippen LogP contribution is -2.23. The van der Waals surface area contributed by atoms with Crippen molar-refractivity contribution in [3.05, 3.63) is 87.7 Å². The van der Waals surface area contributed by atoms with Gasteiger partial charge in [0.2, 0.25) is 0 Å². The average molecular weight is 405 g/mol. The Hall–Kier alpha value is -3.81.